The predicted molar refractivity (Wildman–Crippen MR) is 92.7 cm³/mol. The highest BCUT2D eigenvalue weighted by atomic mass is 19.1. The van der Waals surface area contributed by atoms with Gasteiger partial charge in [-0.2, -0.15) is 0 Å². The number of rotatable bonds is 2. The zero-order chi connectivity index (χ0) is 17.2. The Bertz CT molecular complexity index is 906. The fourth-order valence-corrected chi connectivity index (χ4v) is 3.16. The van der Waals surface area contributed by atoms with E-state index < -0.39 is 0 Å². The van der Waals surface area contributed by atoms with Crippen LogP contribution in [0.3, 0.4) is 0 Å². The summed E-state index contributed by atoms with van der Waals surface area (Å²) in [4.78, 5) is 19.2. The number of aromatic nitrogens is 1. The molecule has 0 saturated carbocycles. The highest BCUT2D eigenvalue weighted by molar-refractivity contribution is 6.05. The van der Waals surface area contributed by atoms with E-state index in [0.717, 1.165) is 10.9 Å². The molecule has 126 valence electrons. The van der Waals surface area contributed by atoms with Gasteiger partial charge in [-0.3, -0.25) is 9.78 Å². The Morgan fingerprint density at radius 3 is 2.76 bits per heavy atom. The molecule has 0 aliphatic carbocycles. The molecular formula is C20H17FN2O2. The molecule has 1 saturated heterocycles. The molecule has 0 radical (unpaired) electrons. The third-order valence-electron chi connectivity index (χ3n) is 4.46. The van der Waals surface area contributed by atoms with E-state index in [4.69, 9.17) is 4.74 Å². The van der Waals surface area contributed by atoms with Crippen molar-refractivity contribution in [3.05, 3.63) is 77.7 Å². The van der Waals surface area contributed by atoms with Crippen molar-refractivity contribution >= 4 is 16.8 Å². The number of fused-ring (bicyclic) bond motifs is 1. The van der Waals surface area contributed by atoms with Gasteiger partial charge in [0.15, 0.2) is 0 Å². The quantitative estimate of drug-likeness (QED) is 0.718. The number of halogens is 1. The molecule has 2 aromatic carbocycles. The van der Waals surface area contributed by atoms with Crippen molar-refractivity contribution < 1.29 is 13.9 Å². The van der Waals surface area contributed by atoms with Crippen molar-refractivity contribution in [3.63, 3.8) is 0 Å². The molecule has 2 heterocycles. The average molecular weight is 336 g/mol. The smallest absolute Gasteiger partial charge is 0.256 e. The number of carbonyl (C=O) groups excluding carboxylic acids is 1. The number of amides is 1. The van der Waals surface area contributed by atoms with Crippen LogP contribution >= 0.6 is 0 Å². The van der Waals surface area contributed by atoms with Crippen LogP contribution < -0.4 is 0 Å². The molecule has 4 nitrogen and oxygen atoms in total. The maximum absolute atomic E-state index is 13.1. The molecule has 1 fully saturated rings. The lowest BCUT2D eigenvalue weighted by molar-refractivity contribution is -0.0227. The number of carbonyl (C=O) groups is 1. The molecule has 3 aromatic rings. The second-order valence-electron chi connectivity index (χ2n) is 6.04. The molecule has 1 atom stereocenters. The first-order valence-electron chi connectivity index (χ1n) is 8.22. The first-order valence-corrected chi connectivity index (χ1v) is 8.22. The molecule has 25 heavy (non-hydrogen) atoms. The molecule has 4 rings (SSSR count). The molecule has 0 spiro atoms. The Hall–Kier alpha value is -2.79. The van der Waals surface area contributed by atoms with Gasteiger partial charge in [0, 0.05) is 18.1 Å². The van der Waals surface area contributed by atoms with Crippen LogP contribution in [0.4, 0.5) is 4.39 Å². The third-order valence-corrected chi connectivity index (χ3v) is 4.46. The maximum Gasteiger partial charge on any atom is 0.256 e. The van der Waals surface area contributed by atoms with E-state index in [1.54, 1.807) is 29.3 Å². The van der Waals surface area contributed by atoms with Crippen molar-refractivity contribution in [2.45, 2.75) is 6.10 Å². The maximum atomic E-state index is 13.1. The third kappa shape index (κ3) is 3.10. The largest absolute Gasteiger partial charge is 0.370 e. The topological polar surface area (TPSA) is 42.4 Å². The molecule has 1 aromatic heterocycles. The number of nitrogens with zero attached hydrogens (tertiary/aromatic N) is 2. The fourth-order valence-electron chi connectivity index (χ4n) is 3.16. The van der Waals surface area contributed by atoms with Crippen molar-refractivity contribution in [3.8, 4) is 0 Å². The summed E-state index contributed by atoms with van der Waals surface area (Å²) in [6, 6.07) is 15.6. The van der Waals surface area contributed by atoms with Crippen LogP contribution in [0.2, 0.25) is 0 Å². The Kier molecular flexibility index (Phi) is 4.15. The molecule has 5 heteroatoms. The Morgan fingerprint density at radius 1 is 1.12 bits per heavy atom. The fraction of sp³-hybridized carbons (Fsp3) is 0.200. The standard InChI is InChI=1S/C20H17FN2O2/c21-16-8-6-14(7-9-16)18-13-23(11-12-25-18)20(24)17-5-1-3-15-4-2-10-22-19(15)17/h1-10,18H,11-13H2. The number of morpholine rings is 1. The molecule has 1 aliphatic rings. The van der Waals surface area contributed by atoms with Crippen molar-refractivity contribution in [1.29, 1.82) is 0 Å². The molecular weight excluding hydrogens is 319 g/mol. The summed E-state index contributed by atoms with van der Waals surface area (Å²) in [5.74, 6) is -0.339. The van der Waals surface area contributed by atoms with Gasteiger partial charge in [0.25, 0.3) is 5.91 Å². The van der Waals surface area contributed by atoms with E-state index in [2.05, 4.69) is 4.98 Å². The van der Waals surface area contributed by atoms with Crippen molar-refractivity contribution in [2.75, 3.05) is 19.7 Å². The van der Waals surface area contributed by atoms with Gasteiger partial charge < -0.3 is 9.64 Å². The van der Waals surface area contributed by atoms with E-state index in [1.807, 2.05) is 24.3 Å². The van der Waals surface area contributed by atoms with Gasteiger partial charge in [-0.1, -0.05) is 30.3 Å². The van der Waals surface area contributed by atoms with E-state index >= 15 is 0 Å². The number of hydrogen-bond donors (Lipinski definition) is 0. The van der Waals surface area contributed by atoms with Crippen LogP contribution in [-0.2, 0) is 4.74 Å². The molecule has 1 amide bonds. The lowest BCUT2D eigenvalue weighted by atomic mass is 10.1. The second-order valence-corrected chi connectivity index (χ2v) is 6.04. The monoisotopic (exact) mass is 336 g/mol. The van der Waals surface area contributed by atoms with Crippen LogP contribution in [0.5, 0.6) is 0 Å². The first-order chi connectivity index (χ1) is 12.2. The van der Waals surface area contributed by atoms with E-state index in [-0.39, 0.29) is 17.8 Å². The summed E-state index contributed by atoms with van der Waals surface area (Å²) < 4.78 is 18.9. The van der Waals surface area contributed by atoms with Gasteiger partial charge in [-0.15, -0.1) is 0 Å². The Morgan fingerprint density at radius 2 is 1.92 bits per heavy atom. The van der Waals surface area contributed by atoms with E-state index in [1.165, 1.54) is 12.1 Å². The van der Waals surface area contributed by atoms with Gasteiger partial charge in [-0.25, -0.2) is 4.39 Å². The SMILES string of the molecule is O=C(c1cccc2cccnc12)N1CCOC(c2ccc(F)cc2)C1. The number of hydrogen-bond acceptors (Lipinski definition) is 3. The first kappa shape index (κ1) is 15.7. The van der Waals surface area contributed by atoms with Crippen LogP contribution in [0.1, 0.15) is 22.0 Å². The van der Waals surface area contributed by atoms with Gasteiger partial charge in [0.1, 0.15) is 11.9 Å². The Labute approximate surface area is 144 Å². The van der Waals surface area contributed by atoms with Gasteiger partial charge >= 0.3 is 0 Å². The second kappa shape index (κ2) is 6.61. The minimum Gasteiger partial charge on any atom is -0.370 e. The summed E-state index contributed by atoms with van der Waals surface area (Å²) in [6.45, 7) is 1.42. The highest BCUT2D eigenvalue weighted by Crippen LogP contribution is 2.25. The van der Waals surface area contributed by atoms with Crippen LogP contribution in [0, 0.1) is 5.82 Å². The van der Waals surface area contributed by atoms with Crippen LogP contribution in [0.15, 0.2) is 60.8 Å². The summed E-state index contributed by atoms with van der Waals surface area (Å²) in [7, 11) is 0. The average Bonchev–Trinajstić information content (AvgIpc) is 2.68. The van der Waals surface area contributed by atoms with Gasteiger partial charge in [0.05, 0.1) is 24.2 Å². The van der Waals surface area contributed by atoms with E-state index in [9.17, 15) is 9.18 Å². The molecule has 0 N–H and O–H groups in total. The van der Waals surface area contributed by atoms with Crippen molar-refractivity contribution in [2.24, 2.45) is 0 Å². The summed E-state index contributed by atoms with van der Waals surface area (Å²) in [6.07, 6.45) is 1.45. The predicted octanol–water partition coefficient (Wildman–Crippen LogP) is 3.59. The normalized spacial score (nSPS) is 17.6. The minimum absolute atomic E-state index is 0.0558. The number of para-hydroxylation sites is 1. The minimum atomic E-state index is -0.283. The lowest BCUT2D eigenvalue weighted by Crippen LogP contribution is -2.42. The number of pyridine rings is 1. The molecule has 1 unspecified atom stereocenters. The zero-order valence-corrected chi connectivity index (χ0v) is 13.6. The van der Waals surface area contributed by atoms with E-state index in [0.29, 0.717) is 30.8 Å². The van der Waals surface area contributed by atoms with Crippen LogP contribution in [-0.4, -0.2) is 35.5 Å². The summed E-state index contributed by atoms with van der Waals surface area (Å²) in [5, 5.41) is 0.941. The summed E-state index contributed by atoms with van der Waals surface area (Å²) in [5.41, 5.74) is 2.17. The lowest BCUT2D eigenvalue weighted by Gasteiger charge is -2.33. The number of ether oxygens (including phenoxy) is 1. The van der Waals surface area contributed by atoms with Crippen LogP contribution in [0.25, 0.3) is 10.9 Å². The summed E-state index contributed by atoms with van der Waals surface area (Å²) >= 11 is 0. The highest BCUT2D eigenvalue weighted by Gasteiger charge is 2.27. The molecule has 1 aliphatic heterocycles. The van der Waals surface area contributed by atoms with Crippen molar-refractivity contribution in [1.82, 2.24) is 9.88 Å². The molecule has 0 bridgehead atoms. The number of benzene rings is 2. The van der Waals surface area contributed by atoms with Gasteiger partial charge in [-0.05, 0) is 29.8 Å². The van der Waals surface area contributed by atoms with Gasteiger partial charge in [0.2, 0.25) is 0 Å². The Balaban J connectivity index is 1.60. The zero-order valence-electron chi connectivity index (χ0n) is 13.6.